The fourth-order valence-corrected chi connectivity index (χ4v) is 3.69. The summed E-state index contributed by atoms with van der Waals surface area (Å²) >= 11 is 6.99. The lowest BCUT2D eigenvalue weighted by Gasteiger charge is -2.09. The monoisotopic (exact) mass is 452 g/mol. The topological polar surface area (TPSA) is 99.6 Å². The number of nitrogens with two attached hydrogens (primary N) is 1. The summed E-state index contributed by atoms with van der Waals surface area (Å²) in [5.41, 5.74) is -0.783. The molecule has 28 heavy (non-hydrogen) atoms. The van der Waals surface area contributed by atoms with Gasteiger partial charge in [0, 0.05) is 11.9 Å². The van der Waals surface area contributed by atoms with Gasteiger partial charge in [0.25, 0.3) is 0 Å². The van der Waals surface area contributed by atoms with Crippen molar-refractivity contribution in [2.45, 2.75) is 16.2 Å². The maximum absolute atomic E-state index is 12.9. The number of ether oxygens (including phenoxy) is 1. The second kappa shape index (κ2) is 7.78. The summed E-state index contributed by atoms with van der Waals surface area (Å²) in [7, 11) is -3.78. The lowest BCUT2D eigenvalue weighted by Crippen LogP contribution is -2.11. The molecule has 150 valence electrons. The van der Waals surface area contributed by atoms with E-state index in [4.69, 9.17) is 21.5 Å². The number of hydrogen-bond donors (Lipinski definition) is 1. The quantitative estimate of drug-likeness (QED) is 0.455. The number of alkyl halides is 3. The molecule has 2 aromatic heterocycles. The Kier molecular flexibility index (Phi) is 5.75. The lowest BCUT2D eigenvalue weighted by atomic mass is 10.3. The Labute approximate surface area is 166 Å². The van der Waals surface area contributed by atoms with E-state index in [1.807, 2.05) is 0 Å². The highest BCUT2D eigenvalue weighted by Gasteiger charge is 2.32. The summed E-state index contributed by atoms with van der Waals surface area (Å²) in [5.74, 6) is 0.771. The van der Waals surface area contributed by atoms with Crippen LogP contribution in [0.15, 0.2) is 46.6 Å². The summed E-state index contributed by atoms with van der Waals surface area (Å²) in [6.45, 7) is 0.195. The molecule has 0 bridgehead atoms. The van der Waals surface area contributed by atoms with Crippen molar-refractivity contribution in [2.24, 2.45) is 5.14 Å². The molecule has 0 spiro atoms. The van der Waals surface area contributed by atoms with Crippen molar-refractivity contribution in [2.75, 3.05) is 12.4 Å². The zero-order valence-electron chi connectivity index (χ0n) is 13.9. The van der Waals surface area contributed by atoms with Gasteiger partial charge in [-0.2, -0.15) is 13.2 Å². The summed E-state index contributed by atoms with van der Waals surface area (Å²) < 4.78 is 67.9. The number of primary sulfonamides is 1. The number of aromatic nitrogens is 3. The first-order chi connectivity index (χ1) is 13.1. The summed E-state index contributed by atoms with van der Waals surface area (Å²) in [4.78, 5) is -0.0403. The molecular weight excluding hydrogens is 441 g/mol. The number of fused-ring (bicyclic) bond motifs is 1. The second-order valence-electron chi connectivity index (χ2n) is 5.46. The Morgan fingerprint density at radius 3 is 2.50 bits per heavy atom. The Bertz CT molecular complexity index is 1100. The molecule has 2 N–H and O–H groups in total. The molecule has 0 aliphatic rings. The predicted octanol–water partition coefficient (Wildman–Crippen LogP) is 3.22. The van der Waals surface area contributed by atoms with Crippen LogP contribution in [-0.4, -0.2) is 35.4 Å². The SMILES string of the molecule is NS(=O)(=O)c1ccc(OCCSc2nnc3c(Cl)cc(C(F)(F)F)cn23)cc1. The van der Waals surface area contributed by atoms with Crippen molar-refractivity contribution in [1.82, 2.24) is 14.6 Å². The number of benzene rings is 1. The van der Waals surface area contributed by atoms with E-state index in [9.17, 15) is 21.6 Å². The minimum atomic E-state index is -4.55. The number of nitrogens with zero attached hydrogens (tertiary/aromatic N) is 3. The average molecular weight is 453 g/mol. The van der Waals surface area contributed by atoms with Gasteiger partial charge in [-0.3, -0.25) is 4.40 Å². The molecule has 0 fully saturated rings. The van der Waals surface area contributed by atoms with Gasteiger partial charge in [0.1, 0.15) is 5.75 Å². The molecule has 0 unspecified atom stereocenters. The van der Waals surface area contributed by atoms with Crippen LogP contribution in [0.1, 0.15) is 5.56 Å². The molecule has 13 heteroatoms. The van der Waals surface area contributed by atoms with Gasteiger partial charge in [-0.1, -0.05) is 23.4 Å². The van der Waals surface area contributed by atoms with Crippen LogP contribution >= 0.6 is 23.4 Å². The Hall–Kier alpha value is -2.02. The van der Waals surface area contributed by atoms with E-state index in [1.165, 1.54) is 28.7 Å². The minimum Gasteiger partial charge on any atom is -0.493 e. The summed E-state index contributed by atoms with van der Waals surface area (Å²) in [6.07, 6.45) is -3.66. The molecule has 0 aliphatic carbocycles. The van der Waals surface area contributed by atoms with E-state index < -0.39 is 21.8 Å². The number of thioether (sulfide) groups is 1. The Morgan fingerprint density at radius 1 is 1.21 bits per heavy atom. The molecule has 0 amide bonds. The van der Waals surface area contributed by atoms with Gasteiger partial charge in [-0.25, -0.2) is 13.6 Å². The van der Waals surface area contributed by atoms with Crippen LogP contribution in [0.4, 0.5) is 13.2 Å². The van der Waals surface area contributed by atoms with E-state index in [0.717, 1.165) is 24.0 Å². The first-order valence-corrected chi connectivity index (χ1v) is 10.5. The van der Waals surface area contributed by atoms with E-state index in [0.29, 0.717) is 11.5 Å². The highest BCUT2D eigenvalue weighted by Crippen LogP contribution is 2.33. The maximum atomic E-state index is 12.9. The largest absolute Gasteiger partial charge is 0.493 e. The number of rotatable bonds is 6. The maximum Gasteiger partial charge on any atom is 0.417 e. The first-order valence-electron chi connectivity index (χ1n) is 7.55. The molecule has 2 heterocycles. The smallest absolute Gasteiger partial charge is 0.417 e. The van der Waals surface area contributed by atoms with Crippen LogP contribution < -0.4 is 9.88 Å². The third-order valence-electron chi connectivity index (χ3n) is 3.49. The summed E-state index contributed by atoms with van der Waals surface area (Å²) in [5, 5.41) is 12.7. The Balaban J connectivity index is 1.65. The van der Waals surface area contributed by atoms with Crippen LogP contribution in [0, 0.1) is 0 Å². The van der Waals surface area contributed by atoms with Gasteiger partial charge in [-0.15, -0.1) is 10.2 Å². The molecule has 1 aromatic carbocycles. The molecule has 3 aromatic rings. The van der Waals surface area contributed by atoms with Crippen LogP contribution in [-0.2, 0) is 16.2 Å². The fourth-order valence-electron chi connectivity index (χ4n) is 2.21. The molecule has 3 rings (SSSR count). The number of hydrogen-bond acceptors (Lipinski definition) is 6. The summed E-state index contributed by atoms with van der Waals surface area (Å²) in [6, 6.07) is 6.32. The minimum absolute atomic E-state index is 0.0403. The van der Waals surface area contributed by atoms with Gasteiger partial charge in [0.2, 0.25) is 10.0 Å². The van der Waals surface area contributed by atoms with E-state index in [2.05, 4.69) is 10.2 Å². The standard InChI is InChI=1S/C15H12ClF3N4O3S2/c16-12-7-9(15(17,18)19)8-23-13(12)21-22-14(23)27-6-5-26-10-1-3-11(4-2-10)28(20,24)25/h1-4,7-8H,5-6H2,(H2,20,24,25). The highest BCUT2D eigenvalue weighted by atomic mass is 35.5. The Morgan fingerprint density at radius 2 is 1.89 bits per heavy atom. The average Bonchev–Trinajstić information content (AvgIpc) is 3.01. The van der Waals surface area contributed by atoms with Gasteiger partial charge in [0.15, 0.2) is 10.8 Å². The zero-order valence-corrected chi connectivity index (χ0v) is 16.2. The third kappa shape index (κ3) is 4.69. The second-order valence-corrected chi connectivity index (χ2v) is 8.49. The van der Waals surface area contributed by atoms with Crippen molar-refractivity contribution in [3.8, 4) is 5.75 Å². The first kappa shape index (κ1) is 20.7. The van der Waals surface area contributed by atoms with Crippen molar-refractivity contribution in [1.29, 1.82) is 0 Å². The van der Waals surface area contributed by atoms with Crippen LogP contribution in [0.25, 0.3) is 5.65 Å². The van der Waals surface area contributed by atoms with E-state index >= 15 is 0 Å². The van der Waals surface area contributed by atoms with Gasteiger partial charge in [-0.05, 0) is 30.3 Å². The highest BCUT2D eigenvalue weighted by molar-refractivity contribution is 7.99. The van der Waals surface area contributed by atoms with Gasteiger partial charge < -0.3 is 4.74 Å². The zero-order chi connectivity index (χ0) is 20.5. The predicted molar refractivity (Wildman–Crippen MR) is 97.0 cm³/mol. The molecule has 0 aliphatic heterocycles. The van der Waals surface area contributed by atoms with E-state index in [1.54, 1.807) is 0 Å². The lowest BCUT2D eigenvalue weighted by molar-refractivity contribution is -0.137. The van der Waals surface area contributed by atoms with Gasteiger partial charge >= 0.3 is 6.18 Å². The van der Waals surface area contributed by atoms with Crippen LogP contribution in [0.2, 0.25) is 5.02 Å². The van der Waals surface area contributed by atoms with Crippen molar-refractivity contribution in [3.63, 3.8) is 0 Å². The molecule has 7 nitrogen and oxygen atoms in total. The van der Waals surface area contributed by atoms with Crippen molar-refractivity contribution in [3.05, 3.63) is 47.1 Å². The number of sulfonamides is 1. The fraction of sp³-hybridized carbons (Fsp3) is 0.200. The third-order valence-corrected chi connectivity index (χ3v) is 5.61. The molecule has 0 saturated heterocycles. The molecule has 0 radical (unpaired) electrons. The van der Waals surface area contributed by atoms with Crippen molar-refractivity contribution < 1.29 is 26.3 Å². The normalized spacial score (nSPS) is 12.5. The van der Waals surface area contributed by atoms with Gasteiger partial charge in [0.05, 0.1) is 22.1 Å². The van der Waals surface area contributed by atoms with Crippen LogP contribution in [0.5, 0.6) is 5.75 Å². The number of pyridine rings is 1. The molecular formula is C15H12ClF3N4O3S2. The van der Waals surface area contributed by atoms with E-state index in [-0.39, 0.29) is 27.3 Å². The van der Waals surface area contributed by atoms with Crippen LogP contribution in [0.3, 0.4) is 0 Å². The molecule has 0 saturated carbocycles. The number of halogens is 4. The molecule has 0 atom stereocenters. The van der Waals surface area contributed by atoms with Crippen molar-refractivity contribution >= 4 is 39.0 Å².